The molecule has 0 saturated heterocycles. The van der Waals surface area contributed by atoms with Crippen LogP contribution in [0.5, 0.6) is 0 Å². The van der Waals surface area contributed by atoms with Crippen LogP contribution >= 0.6 is 7.60 Å². The van der Waals surface area contributed by atoms with Crippen molar-refractivity contribution in [1.82, 2.24) is 4.90 Å². The molecule has 106 valence electrons. The highest BCUT2D eigenvalue weighted by atomic mass is 31.2. The summed E-state index contributed by atoms with van der Waals surface area (Å²) in [5.74, 6) is -0.165. The molecule has 0 aromatic rings. The Kier molecular flexibility index (Phi) is 8.06. The first-order valence-electron chi connectivity index (χ1n) is 5.64. The number of nitrogens with zero attached hydrogens (tertiary/aromatic N) is 1. The number of carbonyl (C=O) groups is 1. The SMILES string of the molecule is CN(CC=CP(=O)(O)O)[C@@H](CCCCN)C(=O)O. The predicted molar refractivity (Wildman–Crippen MR) is 68.1 cm³/mol. The molecule has 8 heteroatoms. The number of rotatable bonds is 9. The average molecular weight is 280 g/mol. The van der Waals surface area contributed by atoms with E-state index >= 15 is 0 Å². The first kappa shape index (κ1) is 17.3. The third kappa shape index (κ3) is 8.38. The highest BCUT2D eigenvalue weighted by molar-refractivity contribution is 7.55. The zero-order chi connectivity index (χ0) is 14.2. The Morgan fingerprint density at radius 1 is 1.44 bits per heavy atom. The van der Waals surface area contributed by atoms with E-state index in [9.17, 15) is 9.36 Å². The molecule has 5 N–H and O–H groups in total. The molecule has 0 aliphatic carbocycles. The lowest BCUT2D eigenvalue weighted by atomic mass is 10.1. The Morgan fingerprint density at radius 2 is 2.06 bits per heavy atom. The van der Waals surface area contributed by atoms with Crippen molar-refractivity contribution in [3.8, 4) is 0 Å². The van der Waals surface area contributed by atoms with Crippen LogP contribution in [0.25, 0.3) is 0 Å². The molecule has 0 radical (unpaired) electrons. The molecule has 0 amide bonds. The summed E-state index contributed by atoms with van der Waals surface area (Å²) in [7, 11) is -2.57. The number of hydrogen-bond acceptors (Lipinski definition) is 4. The Hall–Kier alpha value is -0.720. The number of carboxylic acid groups (broad SMARTS) is 1. The molecule has 0 saturated carbocycles. The first-order chi connectivity index (χ1) is 8.28. The van der Waals surface area contributed by atoms with Crippen LogP contribution in [0.3, 0.4) is 0 Å². The molecular weight excluding hydrogens is 259 g/mol. The fourth-order valence-corrected chi connectivity index (χ4v) is 1.86. The average Bonchev–Trinajstić information content (AvgIpc) is 2.21. The van der Waals surface area contributed by atoms with Gasteiger partial charge < -0.3 is 20.6 Å². The van der Waals surface area contributed by atoms with Crippen molar-refractivity contribution in [2.75, 3.05) is 20.1 Å². The van der Waals surface area contributed by atoms with Gasteiger partial charge in [-0.3, -0.25) is 14.3 Å². The minimum Gasteiger partial charge on any atom is -0.480 e. The van der Waals surface area contributed by atoms with Gasteiger partial charge in [0.25, 0.3) is 0 Å². The van der Waals surface area contributed by atoms with E-state index in [0.29, 0.717) is 19.4 Å². The van der Waals surface area contributed by atoms with Crippen molar-refractivity contribution in [2.24, 2.45) is 5.73 Å². The minimum absolute atomic E-state index is 0.171. The van der Waals surface area contributed by atoms with Crippen LogP contribution in [-0.4, -0.2) is 51.9 Å². The van der Waals surface area contributed by atoms with Crippen molar-refractivity contribution in [3.05, 3.63) is 11.9 Å². The van der Waals surface area contributed by atoms with Crippen LogP contribution in [0.4, 0.5) is 0 Å². The van der Waals surface area contributed by atoms with Gasteiger partial charge in [0.15, 0.2) is 0 Å². The van der Waals surface area contributed by atoms with Crippen molar-refractivity contribution in [2.45, 2.75) is 25.3 Å². The third-order valence-electron chi connectivity index (χ3n) is 2.44. The molecule has 0 fully saturated rings. The van der Waals surface area contributed by atoms with Gasteiger partial charge in [-0.25, -0.2) is 0 Å². The van der Waals surface area contributed by atoms with Crippen LogP contribution in [0, 0.1) is 0 Å². The number of unbranched alkanes of at least 4 members (excludes halogenated alkanes) is 1. The van der Waals surface area contributed by atoms with Gasteiger partial charge in [-0.1, -0.05) is 12.5 Å². The van der Waals surface area contributed by atoms with E-state index in [-0.39, 0.29) is 6.54 Å². The summed E-state index contributed by atoms with van der Waals surface area (Å²) in [5.41, 5.74) is 5.34. The summed E-state index contributed by atoms with van der Waals surface area (Å²) in [5, 5.41) is 9.05. The summed E-state index contributed by atoms with van der Waals surface area (Å²) in [6.45, 7) is 0.693. The fraction of sp³-hybridized carbons (Fsp3) is 0.700. The van der Waals surface area contributed by atoms with E-state index in [4.69, 9.17) is 20.6 Å². The molecule has 18 heavy (non-hydrogen) atoms. The molecule has 0 unspecified atom stereocenters. The Balaban J connectivity index is 4.30. The standard InChI is InChI=1S/C10H21N2O5P/c1-12(7-4-8-18(15,16)17)9(10(13)14)5-2-3-6-11/h4,8-9H,2-3,5-7,11H2,1H3,(H,13,14)(H2,15,16,17)/t9-/m0/s1. The first-order valence-corrected chi connectivity index (χ1v) is 7.32. The summed E-state index contributed by atoms with van der Waals surface area (Å²) in [4.78, 5) is 29.8. The monoisotopic (exact) mass is 280 g/mol. The van der Waals surface area contributed by atoms with Crippen molar-refractivity contribution in [3.63, 3.8) is 0 Å². The van der Waals surface area contributed by atoms with Crippen LogP contribution < -0.4 is 5.73 Å². The summed E-state index contributed by atoms with van der Waals surface area (Å²) >= 11 is 0. The van der Waals surface area contributed by atoms with Crippen LogP contribution in [0.2, 0.25) is 0 Å². The van der Waals surface area contributed by atoms with Crippen LogP contribution in [0.1, 0.15) is 19.3 Å². The van der Waals surface area contributed by atoms with Crippen molar-refractivity contribution < 1.29 is 24.3 Å². The smallest absolute Gasteiger partial charge is 0.348 e. The maximum atomic E-state index is 11.0. The molecule has 0 bridgehead atoms. The Morgan fingerprint density at radius 3 is 2.50 bits per heavy atom. The normalized spacial score (nSPS) is 14.3. The maximum absolute atomic E-state index is 11.0. The largest absolute Gasteiger partial charge is 0.480 e. The van der Waals surface area contributed by atoms with E-state index in [2.05, 4.69) is 0 Å². The van der Waals surface area contributed by atoms with E-state index in [1.807, 2.05) is 0 Å². The van der Waals surface area contributed by atoms with E-state index in [1.165, 1.54) is 11.0 Å². The second-order valence-corrected chi connectivity index (χ2v) is 5.53. The van der Waals surface area contributed by atoms with Gasteiger partial charge in [0.1, 0.15) is 6.04 Å². The van der Waals surface area contributed by atoms with E-state index < -0.39 is 19.6 Å². The predicted octanol–water partition coefficient (Wildman–Crippen LogP) is 0.192. The molecule has 0 aromatic carbocycles. The van der Waals surface area contributed by atoms with Crippen LogP contribution in [-0.2, 0) is 9.36 Å². The second-order valence-electron chi connectivity index (χ2n) is 4.05. The molecule has 0 aromatic heterocycles. The molecule has 0 aliphatic heterocycles. The molecular formula is C10H21N2O5P. The van der Waals surface area contributed by atoms with Gasteiger partial charge >= 0.3 is 13.6 Å². The summed E-state index contributed by atoms with van der Waals surface area (Å²) in [6.07, 6.45) is 3.21. The lowest BCUT2D eigenvalue weighted by Gasteiger charge is -2.23. The highest BCUT2D eigenvalue weighted by Gasteiger charge is 2.21. The minimum atomic E-state index is -4.17. The molecule has 1 atom stereocenters. The van der Waals surface area contributed by atoms with Gasteiger partial charge in [0.05, 0.1) is 0 Å². The Labute approximate surface area is 106 Å². The number of likely N-dealkylation sites (N-methyl/N-ethyl adjacent to an activating group) is 1. The van der Waals surface area contributed by atoms with E-state index in [1.54, 1.807) is 7.05 Å². The van der Waals surface area contributed by atoms with Gasteiger partial charge in [-0.05, 0) is 26.4 Å². The van der Waals surface area contributed by atoms with Crippen molar-refractivity contribution in [1.29, 1.82) is 0 Å². The number of carboxylic acids is 1. The van der Waals surface area contributed by atoms with Crippen LogP contribution in [0.15, 0.2) is 11.9 Å². The quantitative estimate of drug-likeness (QED) is 0.351. The highest BCUT2D eigenvalue weighted by Crippen LogP contribution is 2.35. The summed E-state index contributed by atoms with van der Waals surface area (Å²) < 4.78 is 10.6. The molecule has 0 heterocycles. The molecule has 7 nitrogen and oxygen atoms in total. The maximum Gasteiger partial charge on any atom is 0.348 e. The Bertz CT molecular complexity index is 328. The third-order valence-corrected chi connectivity index (χ3v) is 3.04. The topological polar surface area (TPSA) is 124 Å². The summed E-state index contributed by atoms with van der Waals surface area (Å²) in [6, 6.07) is -0.669. The zero-order valence-corrected chi connectivity index (χ0v) is 11.3. The molecule has 0 rings (SSSR count). The number of hydrogen-bond donors (Lipinski definition) is 4. The van der Waals surface area contributed by atoms with Crippen molar-refractivity contribution >= 4 is 13.6 Å². The second kappa shape index (κ2) is 8.39. The number of aliphatic carboxylic acids is 1. The van der Waals surface area contributed by atoms with Gasteiger partial charge in [-0.15, -0.1) is 0 Å². The zero-order valence-electron chi connectivity index (χ0n) is 10.4. The van der Waals surface area contributed by atoms with E-state index in [0.717, 1.165) is 12.2 Å². The lowest BCUT2D eigenvalue weighted by Crippen LogP contribution is -2.38. The van der Waals surface area contributed by atoms with Gasteiger partial charge in [0.2, 0.25) is 0 Å². The molecule has 0 spiro atoms. The van der Waals surface area contributed by atoms with Gasteiger partial charge in [0, 0.05) is 12.4 Å². The lowest BCUT2D eigenvalue weighted by molar-refractivity contribution is -0.142. The molecule has 0 aliphatic rings. The number of nitrogens with two attached hydrogens (primary N) is 1. The fourth-order valence-electron chi connectivity index (χ4n) is 1.49. The van der Waals surface area contributed by atoms with Gasteiger partial charge in [-0.2, -0.15) is 0 Å².